The molecule has 0 bridgehead atoms. The number of hydrogen-bond donors (Lipinski definition) is 0. The van der Waals surface area contributed by atoms with E-state index in [1.54, 1.807) is 21.2 Å². The van der Waals surface area contributed by atoms with Gasteiger partial charge in [0.2, 0.25) is 0 Å². The maximum absolute atomic E-state index is 2.52. The Hall–Kier alpha value is -2.26. The van der Waals surface area contributed by atoms with Gasteiger partial charge in [0.1, 0.15) is 0 Å². The molecule has 1 fully saturated rings. The smallest absolute Gasteiger partial charge is 0.0190 e. The molecular formula is C42H54P2. The van der Waals surface area contributed by atoms with Gasteiger partial charge in [0.15, 0.2) is 0 Å². The second-order valence-electron chi connectivity index (χ2n) is 14.1. The lowest BCUT2D eigenvalue weighted by atomic mass is 9.76. The largest absolute Gasteiger partial charge is 0.0510 e. The van der Waals surface area contributed by atoms with Crippen molar-refractivity contribution in [1.29, 1.82) is 0 Å². The van der Waals surface area contributed by atoms with Gasteiger partial charge in [0.05, 0.1) is 0 Å². The first kappa shape index (κ1) is 33.1. The summed E-state index contributed by atoms with van der Waals surface area (Å²) in [5.74, 6) is 1.57. The number of hydrogen-bond acceptors (Lipinski definition) is 0. The van der Waals surface area contributed by atoms with Gasteiger partial charge in [0.25, 0.3) is 0 Å². The minimum Gasteiger partial charge on any atom is -0.0510 e. The summed E-state index contributed by atoms with van der Waals surface area (Å²) >= 11 is 0. The van der Waals surface area contributed by atoms with Crippen LogP contribution in [0.4, 0.5) is 0 Å². The van der Waals surface area contributed by atoms with E-state index in [-0.39, 0.29) is 0 Å². The third-order valence-corrected chi connectivity index (χ3v) is 16.5. The zero-order valence-electron chi connectivity index (χ0n) is 29.5. The monoisotopic (exact) mass is 620 g/mol. The molecule has 2 unspecified atom stereocenters. The van der Waals surface area contributed by atoms with E-state index in [4.69, 9.17) is 0 Å². The minimum absolute atomic E-state index is 0.417. The Morgan fingerprint density at radius 3 is 0.705 bits per heavy atom. The minimum atomic E-state index is -0.417. The summed E-state index contributed by atoms with van der Waals surface area (Å²) in [5.41, 5.74) is 17.3. The molecule has 4 aromatic rings. The average Bonchev–Trinajstić information content (AvgIpc) is 2.95. The highest BCUT2D eigenvalue weighted by Gasteiger charge is 2.36. The van der Waals surface area contributed by atoms with Crippen molar-refractivity contribution in [3.63, 3.8) is 0 Å². The van der Waals surface area contributed by atoms with Crippen LogP contribution in [0.5, 0.6) is 0 Å². The summed E-state index contributed by atoms with van der Waals surface area (Å²) in [6.07, 6.45) is 5.37. The molecule has 232 valence electrons. The molecule has 0 heterocycles. The van der Waals surface area contributed by atoms with Crippen LogP contribution in [-0.2, 0) is 0 Å². The SMILES string of the molecule is Cc1cc(P(CC2CCC2CP(c2cc(C)c(C)c(C)c2)c2cc(C)c(C)c(C)c2)c2cc(C)c(C)c(C)c2)cc(C)c1C. The molecular weight excluding hydrogens is 566 g/mol. The van der Waals surface area contributed by atoms with Gasteiger partial charge >= 0.3 is 0 Å². The van der Waals surface area contributed by atoms with E-state index in [0.29, 0.717) is 0 Å². The maximum atomic E-state index is 2.52. The fraction of sp³-hybridized carbons (Fsp3) is 0.429. The molecule has 0 N–H and O–H groups in total. The van der Waals surface area contributed by atoms with Crippen LogP contribution in [0.3, 0.4) is 0 Å². The molecule has 2 atom stereocenters. The van der Waals surface area contributed by atoms with Crippen LogP contribution in [0, 0.1) is 94.9 Å². The number of benzene rings is 4. The standard InChI is InChI=1S/C42H54P2/c1-25-15-39(16-26(2)33(25)9)43(40-17-27(3)34(10)28(4)18-40)23-37-13-14-38(37)24-44(41-19-29(5)35(11)30(6)20-41)42-21-31(7)36(12)32(8)22-42/h15-22,37-38H,13-14,23-24H2,1-12H3. The molecule has 0 aromatic heterocycles. The fourth-order valence-electron chi connectivity index (χ4n) is 6.98. The van der Waals surface area contributed by atoms with Crippen molar-refractivity contribution >= 4 is 37.1 Å². The molecule has 1 aliphatic rings. The molecule has 1 saturated carbocycles. The van der Waals surface area contributed by atoms with Crippen molar-refractivity contribution in [1.82, 2.24) is 0 Å². The summed E-state index contributed by atoms with van der Waals surface area (Å²) in [5, 5.41) is 6.30. The highest BCUT2D eigenvalue weighted by molar-refractivity contribution is 7.73. The van der Waals surface area contributed by atoms with Gasteiger partial charge in [-0.1, -0.05) is 48.5 Å². The molecule has 1 aliphatic carbocycles. The molecule has 0 spiro atoms. The van der Waals surface area contributed by atoms with Gasteiger partial charge in [-0.15, -0.1) is 0 Å². The molecule has 44 heavy (non-hydrogen) atoms. The van der Waals surface area contributed by atoms with E-state index >= 15 is 0 Å². The third-order valence-electron chi connectivity index (χ3n) is 11.3. The van der Waals surface area contributed by atoms with Crippen molar-refractivity contribution in [2.45, 2.75) is 95.9 Å². The van der Waals surface area contributed by atoms with Gasteiger partial charge in [-0.2, -0.15) is 0 Å². The number of rotatable bonds is 8. The first-order chi connectivity index (χ1) is 20.7. The van der Waals surface area contributed by atoms with E-state index in [1.807, 2.05) is 0 Å². The second kappa shape index (κ2) is 13.2. The van der Waals surface area contributed by atoms with Gasteiger partial charge in [-0.25, -0.2) is 0 Å². The van der Waals surface area contributed by atoms with Crippen molar-refractivity contribution in [3.8, 4) is 0 Å². The fourth-order valence-corrected chi connectivity index (χ4v) is 13.1. The zero-order valence-corrected chi connectivity index (χ0v) is 31.3. The second-order valence-corrected chi connectivity index (χ2v) is 18.6. The highest BCUT2D eigenvalue weighted by Crippen LogP contribution is 2.50. The lowest BCUT2D eigenvalue weighted by Gasteiger charge is -2.41. The highest BCUT2D eigenvalue weighted by atomic mass is 31.1. The Morgan fingerprint density at radius 2 is 0.545 bits per heavy atom. The van der Waals surface area contributed by atoms with Crippen molar-refractivity contribution in [2.75, 3.05) is 12.3 Å². The van der Waals surface area contributed by atoms with Gasteiger partial charge < -0.3 is 0 Å². The molecule has 4 aromatic carbocycles. The lowest BCUT2D eigenvalue weighted by molar-refractivity contribution is 0.228. The number of aryl methyl sites for hydroxylation is 8. The normalized spacial score (nSPS) is 16.6. The van der Waals surface area contributed by atoms with Crippen molar-refractivity contribution < 1.29 is 0 Å². The van der Waals surface area contributed by atoms with Crippen LogP contribution in [0.2, 0.25) is 0 Å². The van der Waals surface area contributed by atoms with E-state index in [9.17, 15) is 0 Å². The van der Waals surface area contributed by atoms with Crippen LogP contribution in [0.25, 0.3) is 0 Å². The first-order valence-electron chi connectivity index (χ1n) is 16.6. The topological polar surface area (TPSA) is 0 Å². The predicted octanol–water partition coefficient (Wildman–Crippen LogP) is 9.98. The van der Waals surface area contributed by atoms with E-state index in [2.05, 4.69) is 132 Å². The molecule has 0 nitrogen and oxygen atoms in total. The average molecular weight is 621 g/mol. The molecule has 0 saturated heterocycles. The Balaban J connectivity index is 1.52. The van der Waals surface area contributed by atoms with Gasteiger partial charge in [-0.05, 0) is 224 Å². The van der Waals surface area contributed by atoms with Gasteiger partial charge in [0, 0.05) is 0 Å². The van der Waals surface area contributed by atoms with E-state index in [0.717, 1.165) is 11.8 Å². The summed E-state index contributed by atoms with van der Waals surface area (Å²) in [7, 11) is -0.833. The maximum Gasteiger partial charge on any atom is -0.0190 e. The van der Waals surface area contributed by atoms with Crippen molar-refractivity contribution in [3.05, 3.63) is 115 Å². The van der Waals surface area contributed by atoms with Gasteiger partial charge in [-0.3, -0.25) is 0 Å². The van der Waals surface area contributed by atoms with E-state index in [1.165, 1.54) is 91.9 Å². The van der Waals surface area contributed by atoms with Crippen LogP contribution in [0.1, 0.15) is 79.6 Å². The summed E-state index contributed by atoms with van der Waals surface area (Å²) < 4.78 is 0. The van der Waals surface area contributed by atoms with Crippen LogP contribution >= 0.6 is 15.8 Å². The Kier molecular flexibility index (Phi) is 9.96. The summed E-state index contributed by atoms with van der Waals surface area (Å²) in [6.45, 7) is 27.6. The summed E-state index contributed by atoms with van der Waals surface area (Å²) in [4.78, 5) is 0. The van der Waals surface area contributed by atoms with Crippen molar-refractivity contribution in [2.24, 2.45) is 11.8 Å². The third kappa shape index (κ3) is 6.64. The van der Waals surface area contributed by atoms with E-state index < -0.39 is 15.8 Å². The Labute approximate surface area is 271 Å². The molecule has 0 amide bonds. The Morgan fingerprint density at radius 1 is 0.364 bits per heavy atom. The first-order valence-corrected chi connectivity index (χ1v) is 19.7. The van der Waals surface area contributed by atoms with Crippen LogP contribution in [0.15, 0.2) is 48.5 Å². The summed E-state index contributed by atoms with van der Waals surface area (Å²) in [6, 6.07) is 20.2. The molecule has 2 heteroatoms. The molecule has 0 aliphatic heterocycles. The predicted molar refractivity (Wildman–Crippen MR) is 201 cm³/mol. The Bertz CT molecular complexity index is 1370. The van der Waals surface area contributed by atoms with Crippen LogP contribution < -0.4 is 21.2 Å². The molecule has 0 radical (unpaired) electrons. The van der Waals surface area contributed by atoms with Crippen LogP contribution in [-0.4, -0.2) is 12.3 Å². The molecule has 5 rings (SSSR count). The lowest BCUT2D eigenvalue weighted by Crippen LogP contribution is -2.35. The quantitative estimate of drug-likeness (QED) is 0.172. The zero-order chi connectivity index (χ0) is 32.0.